The average molecular weight is 448 g/mol. The molecule has 1 amide bonds. The van der Waals surface area contributed by atoms with Gasteiger partial charge in [-0.3, -0.25) is 4.79 Å². The quantitative estimate of drug-likeness (QED) is 0.463. The van der Waals surface area contributed by atoms with Gasteiger partial charge in [-0.05, 0) is 55.5 Å². The van der Waals surface area contributed by atoms with Crippen molar-refractivity contribution < 1.29 is 4.79 Å². The number of rotatable bonds is 7. The summed E-state index contributed by atoms with van der Waals surface area (Å²) in [6.07, 6.45) is 2.01. The van der Waals surface area contributed by atoms with Crippen molar-refractivity contribution in [3.05, 3.63) is 76.5 Å². The lowest BCUT2D eigenvalue weighted by Crippen LogP contribution is -2.31. The van der Waals surface area contributed by atoms with E-state index in [1.54, 1.807) is 11.8 Å². The summed E-state index contributed by atoms with van der Waals surface area (Å²) in [6.45, 7) is 8.21. The number of carbonyl (C=O) groups excluding carboxylic acids is 1. The van der Waals surface area contributed by atoms with Gasteiger partial charge in [-0.25, -0.2) is 4.68 Å². The number of hydrogen-bond donors (Lipinski definition) is 2. The minimum Gasteiger partial charge on any atom is -0.328 e. The number of carbonyl (C=O) groups is 1. The Morgan fingerprint density at radius 2 is 1.94 bits per heavy atom. The summed E-state index contributed by atoms with van der Waals surface area (Å²) in [5.41, 5.74) is 5.56. The molecule has 0 saturated carbocycles. The maximum atomic E-state index is 13.5. The first-order chi connectivity index (χ1) is 15.5. The standard InChI is InChI=1S/C25H29N5OS/c1-5-14-32-25-28-24-26-17(4)21(23(31)27-20-9-7-8-16(3)15-20)22(30(24)29-25)19-12-10-18(6-2)11-13-19/h7-13,15,22H,5-6,14H2,1-4H3,(H,27,31)(H,26,28,29). The van der Waals surface area contributed by atoms with Crippen LogP contribution in [-0.2, 0) is 11.2 Å². The predicted octanol–water partition coefficient (Wildman–Crippen LogP) is 5.58. The lowest BCUT2D eigenvalue weighted by Gasteiger charge is -2.28. The molecule has 1 aromatic heterocycles. The van der Waals surface area contributed by atoms with Crippen molar-refractivity contribution in [1.29, 1.82) is 0 Å². The Labute approximate surface area is 193 Å². The minimum atomic E-state index is -0.356. The van der Waals surface area contributed by atoms with Crippen LogP contribution in [-0.4, -0.2) is 26.4 Å². The van der Waals surface area contributed by atoms with E-state index in [0.29, 0.717) is 11.5 Å². The third-order valence-corrected chi connectivity index (χ3v) is 6.54. The van der Waals surface area contributed by atoms with Gasteiger partial charge in [0.2, 0.25) is 11.1 Å². The van der Waals surface area contributed by atoms with Crippen molar-refractivity contribution in [2.45, 2.75) is 51.7 Å². The van der Waals surface area contributed by atoms with Gasteiger partial charge in [-0.15, -0.1) is 5.10 Å². The van der Waals surface area contributed by atoms with E-state index in [9.17, 15) is 4.79 Å². The summed E-state index contributed by atoms with van der Waals surface area (Å²) in [5, 5.41) is 11.9. The van der Waals surface area contributed by atoms with Gasteiger partial charge in [0.1, 0.15) is 6.04 Å². The summed E-state index contributed by atoms with van der Waals surface area (Å²) >= 11 is 1.63. The molecule has 6 nitrogen and oxygen atoms in total. The zero-order valence-electron chi connectivity index (χ0n) is 19.0. The van der Waals surface area contributed by atoms with E-state index in [0.717, 1.165) is 46.3 Å². The number of nitrogens with zero attached hydrogens (tertiary/aromatic N) is 3. The van der Waals surface area contributed by atoms with Crippen LogP contribution in [0.5, 0.6) is 0 Å². The molecule has 2 heterocycles. The van der Waals surface area contributed by atoms with Crippen molar-refractivity contribution >= 4 is 29.3 Å². The fourth-order valence-corrected chi connectivity index (χ4v) is 4.53. The van der Waals surface area contributed by atoms with E-state index in [-0.39, 0.29) is 11.9 Å². The zero-order valence-corrected chi connectivity index (χ0v) is 19.8. The zero-order chi connectivity index (χ0) is 22.7. The number of anilines is 2. The van der Waals surface area contributed by atoms with Crippen LogP contribution >= 0.6 is 11.8 Å². The highest BCUT2D eigenvalue weighted by Gasteiger charge is 2.34. The summed E-state index contributed by atoms with van der Waals surface area (Å²) in [7, 11) is 0. The number of hydrogen-bond acceptors (Lipinski definition) is 5. The van der Waals surface area contributed by atoms with Gasteiger partial charge in [0.15, 0.2) is 0 Å². The molecule has 1 aliphatic rings. The molecular weight excluding hydrogens is 418 g/mol. The van der Waals surface area contributed by atoms with Crippen molar-refractivity contribution in [2.75, 3.05) is 16.4 Å². The lowest BCUT2D eigenvalue weighted by molar-refractivity contribution is -0.113. The second-order valence-corrected chi connectivity index (χ2v) is 9.06. The molecule has 1 unspecified atom stereocenters. The molecule has 4 rings (SSSR count). The Bertz CT molecular complexity index is 1150. The van der Waals surface area contributed by atoms with E-state index in [2.05, 4.69) is 53.7 Å². The van der Waals surface area contributed by atoms with Gasteiger partial charge in [0.05, 0.1) is 5.57 Å². The number of thioether (sulfide) groups is 1. The van der Waals surface area contributed by atoms with Crippen LogP contribution in [0.4, 0.5) is 11.6 Å². The number of aromatic nitrogens is 3. The molecule has 1 aliphatic heterocycles. The molecule has 0 radical (unpaired) electrons. The first-order valence-corrected chi connectivity index (χ1v) is 12.0. The van der Waals surface area contributed by atoms with Crippen LogP contribution in [0.3, 0.4) is 0 Å². The average Bonchev–Trinajstić information content (AvgIpc) is 3.19. The Balaban J connectivity index is 1.75. The molecule has 2 aromatic carbocycles. The van der Waals surface area contributed by atoms with Gasteiger partial charge in [-0.1, -0.05) is 62.0 Å². The second kappa shape index (κ2) is 9.61. The minimum absolute atomic E-state index is 0.144. The van der Waals surface area contributed by atoms with E-state index >= 15 is 0 Å². The molecule has 1 atom stereocenters. The van der Waals surface area contributed by atoms with Gasteiger partial charge < -0.3 is 10.6 Å². The Kier molecular flexibility index (Phi) is 6.65. The Morgan fingerprint density at radius 3 is 2.62 bits per heavy atom. The van der Waals surface area contributed by atoms with E-state index in [1.807, 2.05) is 42.8 Å². The monoisotopic (exact) mass is 447 g/mol. The molecule has 32 heavy (non-hydrogen) atoms. The van der Waals surface area contributed by atoms with E-state index in [1.165, 1.54) is 5.56 Å². The summed E-state index contributed by atoms with van der Waals surface area (Å²) in [5.74, 6) is 1.47. The first-order valence-electron chi connectivity index (χ1n) is 11.0. The van der Waals surface area contributed by atoms with Gasteiger partial charge >= 0.3 is 0 Å². The SMILES string of the molecule is CCCSc1nc2n(n1)C(c1ccc(CC)cc1)C(C(=O)Nc1cccc(C)c1)=C(C)N2. The maximum Gasteiger partial charge on any atom is 0.255 e. The Morgan fingerprint density at radius 1 is 1.16 bits per heavy atom. The molecular formula is C25H29N5OS. The second-order valence-electron chi connectivity index (χ2n) is 8.00. The third kappa shape index (κ3) is 4.58. The van der Waals surface area contributed by atoms with Gasteiger partial charge in [-0.2, -0.15) is 4.98 Å². The molecule has 3 aromatic rings. The van der Waals surface area contributed by atoms with Crippen molar-refractivity contribution in [2.24, 2.45) is 0 Å². The number of nitrogens with one attached hydrogen (secondary N) is 2. The molecule has 0 bridgehead atoms. The van der Waals surface area contributed by atoms with Crippen LogP contribution in [0.1, 0.15) is 49.9 Å². The molecule has 0 fully saturated rings. The van der Waals surface area contributed by atoms with Gasteiger partial charge in [0, 0.05) is 17.1 Å². The normalized spacial score (nSPS) is 15.3. The molecule has 7 heteroatoms. The van der Waals surface area contributed by atoms with Crippen LogP contribution in [0.25, 0.3) is 0 Å². The van der Waals surface area contributed by atoms with Crippen molar-refractivity contribution in [1.82, 2.24) is 14.8 Å². The maximum absolute atomic E-state index is 13.5. The highest BCUT2D eigenvalue weighted by atomic mass is 32.2. The van der Waals surface area contributed by atoms with Crippen molar-refractivity contribution in [3.8, 4) is 0 Å². The Hall–Kier alpha value is -3.06. The predicted molar refractivity (Wildman–Crippen MR) is 131 cm³/mol. The van der Waals surface area contributed by atoms with Crippen LogP contribution in [0.2, 0.25) is 0 Å². The highest BCUT2D eigenvalue weighted by Crippen LogP contribution is 2.37. The first kappa shape index (κ1) is 22.1. The smallest absolute Gasteiger partial charge is 0.255 e. The molecule has 0 spiro atoms. The number of aryl methyl sites for hydroxylation is 2. The number of allylic oxidation sites excluding steroid dienone is 1. The van der Waals surface area contributed by atoms with Crippen LogP contribution in [0.15, 0.2) is 65.0 Å². The van der Waals surface area contributed by atoms with E-state index in [4.69, 9.17) is 5.10 Å². The molecule has 166 valence electrons. The molecule has 0 aliphatic carbocycles. The fourth-order valence-electron chi connectivity index (χ4n) is 3.85. The summed E-state index contributed by atoms with van der Waals surface area (Å²) in [6, 6.07) is 15.9. The highest BCUT2D eigenvalue weighted by molar-refractivity contribution is 7.99. The fraction of sp³-hybridized carbons (Fsp3) is 0.320. The topological polar surface area (TPSA) is 71.8 Å². The summed E-state index contributed by atoms with van der Waals surface area (Å²) in [4.78, 5) is 18.2. The largest absolute Gasteiger partial charge is 0.328 e. The summed E-state index contributed by atoms with van der Waals surface area (Å²) < 4.78 is 1.84. The van der Waals surface area contributed by atoms with Crippen LogP contribution in [0, 0.1) is 6.92 Å². The number of fused-ring (bicyclic) bond motifs is 1. The molecule has 2 N–H and O–H groups in total. The van der Waals surface area contributed by atoms with E-state index < -0.39 is 0 Å². The third-order valence-electron chi connectivity index (χ3n) is 5.49. The van der Waals surface area contributed by atoms with Gasteiger partial charge in [0.25, 0.3) is 5.91 Å². The van der Waals surface area contributed by atoms with Crippen LogP contribution < -0.4 is 10.6 Å². The van der Waals surface area contributed by atoms with Crippen molar-refractivity contribution in [3.63, 3.8) is 0 Å². The number of amides is 1. The lowest BCUT2D eigenvalue weighted by atomic mass is 9.94. The molecule has 0 saturated heterocycles. The number of benzene rings is 2.